The quantitative estimate of drug-likeness (QED) is 0.726. The van der Waals surface area contributed by atoms with Gasteiger partial charge in [-0.1, -0.05) is 22.0 Å². The lowest BCUT2D eigenvalue weighted by Gasteiger charge is -2.23. The van der Waals surface area contributed by atoms with Crippen LogP contribution in [-0.4, -0.2) is 41.2 Å². The van der Waals surface area contributed by atoms with Crippen LogP contribution in [0.25, 0.3) is 10.9 Å². The Labute approximate surface area is 147 Å². The molecule has 2 atom stereocenters. The molecule has 0 aliphatic carbocycles. The fourth-order valence-corrected chi connectivity index (χ4v) is 3.65. The van der Waals surface area contributed by atoms with Crippen LogP contribution in [0.15, 0.2) is 28.9 Å². The minimum absolute atomic E-state index is 0.220. The summed E-state index contributed by atoms with van der Waals surface area (Å²) in [6, 6.07) is 4.78. The molecule has 128 valence electrons. The number of rotatable bonds is 5. The van der Waals surface area contributed by atoms with E-state index in [1.54, 1.807) is 6.20 Å². The van der Waals surface area contributed by atoms with Crippen molar-refractivity contribution in [1.29, 1.82) is 0 Å². The molecule has 1 fully saturated rings. The Morgan fingerprint density at radius 1 is 1.46 bits per heavy atom. The van der Waals surface area contributed by atoms with Gasteiger partial charge in [-0.25, -0.2) is 4.79 Å². The van der Waals surface area contributed by atoms with Gasteiger partial charge in [0.15, 0.2) is 0 Å². The molecule has 1 aliphatic rings. The summed E-state index contributed by atoms with van der Waals surface area (Å²) < 4.78 is 6.20. The summed E-state index contributed by atoms with van der Waals surface area (Å²) in [5.41, 5.74) is 1.78. The van der Waals surface area contributed by atoms with E-state index in [0.29, 0.717) is 13.2 Å². The van der Waals surface area contributed by atoms with E-state index in [2.05, 4.69) is 26.2 Å². The number of fused-ring (bicyclic) bond motifs is 1. The van der Waals surface area contributed by atoms with Gasteiger partial charge < -0.3 is 20.1 Å². The Morgan fingerprint density at radius 3 is 3.00 bits per heavy atom. The summed E-state index contributed by atoms with van der Waals surface area (Å²) in [4.78, 5) is 27.0. The highest BCUT2D eigenvalue weighted by molar-refractivity contribution is 9.10. The molecule has 3 N–H and O–H groups in total. The van der Waals surface area contributed by atoms with E-state index in [0.717, 1.165) is 33.8 Å². The molecule has 0 saturated carbocycles. The molecule has 0 bridgehead atoms. The second kappa shape index (κ2) is 7.36. The number of hydrogen-bond acceptors (Lipinski definition) is 3. The van der Waals surface area contributed by atoms with Crippen LogP contribution < -0.4 is 5.32 Å². The first-order valence-electron chi connectivity index (χ1n) is 7.91. The summed E-state index contributed by atoms with van der Waals surface area (Å²) in [5, 5.41) is 13.1. The fraction of sp³-hybridized carbons (Fsp3) is 0.412. The van der Waals surface area contributed by atoms with E-state index in [9.17, 15) is 14.7 Å². The van der Waals surface area contributed by atoms with Crippen molar-refractivity contribution in [3.8, 4) is 0 Å². The highest BCUT2D eigenvalue weighted by Gasteiger charge is 2.27. The summed E-state index contributed by atoms with van der Waals surface area (Å²) in [7, 11) is 0. The van der Waals surface area contributed by atoms with E-state index in [1.807, 2.05) is 18.2 Å². The third-order valence-corrected chi connectivity index (χ3v) is 4.97. The number of carboxylic acid groups (broad SMARTS) is 1. The number of halogens is 1. The van der Waals surface area contributed by atoms with Crippen molar-refractivity contribution >= 4 is 38.7 Å². The summed E-state index contributed by atoms with van der Waals surface area (Å²) >= 11 is 3.50. The van der Waals surface area contributed by atoms with Crippen molar-refractivity contribution in [2.45, 2.75) is 25.3 Å². The van der Waals surface area contributed by atoms with E-state index in [1.165, 1.54) is 0 Å². The second-order valence-corrected chi connectivity index (χ2v) is 6.85. The Balaban J connectivity index is 1.76. The third-order valence-electron chi connectivity index (χ3n) is 4.31. The second-order valence-electron chi connectivity index (χ2n) is 5.99. The molecule has 1 aromatic carbocycles. The average Bonchev–Trinajstić information content (AvgIpc) is 2.99. The molecule has 1 saturated heterocycles. The van der Waals surface area contributed by atoms with Gasteiger partial charge in [-0.05, 0) is 30.5 Å². The van der Waals surface area contributed by atoms with Crippen LogP contribution in [0.1, 0.15) is 18.4 Å². The number of carbonyl (C=O) groups excluding carboxylic acids is 1. The van der Waals surface area contributed by atoms with Crippen LogP contribution >= 0.6 is 15.9 Å². The fourth-order valence-electron chi connectivity index (χ4n) is 3.03. The Hall–Kier alpha value is -1.86. The van der Waals surface area contributed by atoms with Gasteiger partial charge in [-0.2, -0.15) is 0 Å². The molecule has 6 nitrogen and oxygen atoms in total. The Bertz CT molecular complexity index is 752. The monoisotopic (exact) mass is 394 g/mol. The standard InChI is InChI=1S/C17H19BrN2O4/c18-12-4-1-5-13-15(12)11(8-19-13)7-14(17(22)23)20-16(21)10-3-2-6-24-9-10/h1,4-5,8,10,14,19H,2-3,6-7,9H2,(H,20,21)(H,22,23). The van der Waals surface area contributed by atoms with Gasteiger partial charge in [0.05, 0.1) is 12.5 Å². The van der Waals surface area contributed by atoms with Gasteiger partial charge in [0.2, 0.25) is 5.91 Å². The number of aromatic nitrogens is 1. The maximum atomic E-state index is 12.3. The van der Waals surface area contributed by atoms with E-state index in [4.69, 9.17) is 4.74 Å². The number of carboxylic acids is 1. The zero-order chi connectivity index (χ0) is 17.1. The molecular formula is C17H19BrN2O4. The smallest absolute Gasteiger partial charge is 0.326 e. The number of nitrogens with one attached hydrogen (secondary N) is 2. The number of carbonyl (C=O) groups is 2. The molecule has 24 heavy (non-hydrogen) atoms. The molecule has 1 aliphatic heterocycles. The van der Waals surface area contributed by atoms with Crippen LogP contribution in [0.2, 0.25) is 0 Å². The van der Waals surface area contributed by atoms with Gasteiger partial charge in [-0.15, -0.1) is 0 Å². The van der Waals surface area contributed by atoms with Crippen LogP contribution in [-0.2, 0) is 20.7 Å². The van der Waals surface area contributed by atoms with Gasteiger partial charge in [0.25, 0.3) is 0 Å². The largest absolute Gasteiger partial charge is 0.480 e. The van der Waals surface area contributed by atoms with Crippen LogP contribution in [0.3, 0.4) is 0 Å². The van der Waals surface area contributed by atoms with E-state index >= 15 is 0 Å². The molecule has 1 amide bonds. The highest BCUT2D eigenvalue weighted by atomic mass is 79.9. The summed E-state index contributed by atoms with van der Waals surface area (Å²) in [5.74, 6) is -1.56. The number of aliphatic carboxylic acids is 1. The van der Waals surface area contributed by atoms with Crippen molar-refractivity contribution < 1.29 is 19.4 Å². The summed E-state index contributed by atoms with van der Waals surface area (Å²) in [6.45, 7) is 1.02. The molecule has 2 aromatic rings. The number of hydrogen-bond donors (Lipinski definition) is 3. The third kappa shape index (κ3) is 3.62. The lowest BCUT2D eigenvalue weighted by molar-refractivity contribution is -0.143. The van der Waals surface area contributed by atoms with Gasteiger partial charge in [0, 0.05) is 34.6 Å². The maximum absolute atomic E-state index is 12.3. The first kappa shape index (κ1) is 17.0. The van der Waals surface area contributed by atoms with Crippen molar-refractivity contribution in [1.82, 2.24) is 10.3 Å². The minimum atomic E-state index is -1.04. The van der Waals surface area contributed by atoms with Crippen LogP contribution in [0.4, 0.5) is 0 Å². The SMILES string of the molecule is O=C(NC(Cc1c[nH]c2cccc(Br)c12)C(=O)O)C1CCCOC1. The van der Waals surface area contributed by atoms with Crippen molar-refractivity contribution in [2.24, 2.45) is 5.92 Å². The minimum Gasteiger partial charge on any atom is -0.480 e. The van der Waals surface area contributed by atoms with E-state index < -0.39 is 12.0 Å². The highest BCUT2D eigenvalue weighted by Crippen LogP contribution is 2.27. The van der Waals surface area contributed by atoms with E-state index in [-0.39, 0.29) is 18.2 Å². The van der Waals surface area contributed by atoms with Crippen molar-refractivity contribution in [3.05, 3.63) is 34.4 Å². The Morgan fingerprint density at radius 2 is 2.29 bits per heavy atom. The molecule has 2 unspecified atom stereocenters. The van der Waals surface area contributed by atoms with Crippen LogP contribution in [0.5, 0.6) is 0 Å². The van der Waals surface area contributed by atoms with Crippen molar-refractivity contribution in [2.75, 3.05) is 13.2 Å². The molecular weight excluding hydrogens is 376 g/mol. The Kier molecular flexibility index (Phi) is 5.20. The molecule has 2 heterocycles. The molecule has 7 heteroatoms. The van der Waals surface area contributed by atoms with Crippen LogP contribution in [0, 0.1) is 5.92 Å². The predicted octanol–water partition coefficient (Wildman–Crippen LogP) is 2.47. The number of benzene rings is 1. The number of amides is 1. The van der Waals surface area contributed by atoms with Gasteiger partial charge in [-0.3, -0.25) is 4.79 Å². The first-order valence-corrected chi connectivity index (χ1v) is 8.71. The number of aromatic amines is 1. The maximum Gasteiger partial charge on any atom is 0.326 e. The molecule has 0 spiro atoms. The zero-order valence-electron chi connectivity index (χ0n) is 13.0. The lowest BCUT2D eigenvalue weighted by Crippen LogP contribution is -2.46. The zero-order valence-corrected chi connectivity index (χ0v) is 14.6. The normalized spacial score (nSPS) is 19.1. The summed E-state index contributed by atoms with van der Waals surface area (Å²) in [6.07, 6.45) is 3.57. The van der Waals surface area contributed by atoms with Gasteiger partial charge in [0.1, 0.15) is 6.04 Å². The first-order chi connectivity index (χ1) is 11.6. The number of ether oxygens (including phenoxy) is 1. The number of H-pyrrole nitrogens is 1. The molecule has 3 rings (SSSR count). The van der Waals surface area contributed by atoms with Crippen molar-refractivity contribution in [3.63, 3.8) is 0 Å². The molecule has 1 aromatic heterocycles. The lowest BCUT2D eigenvalue weighted by atomic mass is 9.99. The topological polar surface area (TPSA) is 91.4 Å². The average molecular weight is 395 g/mol. The van der Waals surface area contributed by atoms with Gasteiger partial charge >= 0.3 is 5.97 Å². The predicted molar refractivity (Wildman–Crippen MR) is 92.8 cm³/mol. The molecule has 0 radical (unpaired) electrons.